The number of hydrogen-bond donors (Lipinski definition) is 1. The second-order valence-corrected chi connectivity index (χ2v) is 16.2. The van der Waals surface area contributed by atoms with Crippen molar-refractivity contribution in [3.8, 4) is 0 Å². The number of carbonyl (C=O) groups is 1. The van der Waals surface area contributed by atoms with Crippen molar-refractivity contribution in [1.29, 1.82) is 0 Å². The zero-order valence-electron chi connectivity index (χ0n) is 24.9. The lowest BCUT2D eigenvalue weighted by Crippen LogP contribution is -2.74. The van der Waals surface area contributed by atoms with E-state index >= 15 is 0 Å². The van der Waals surface area contributed by atoms with Gasteiger partial charge in [-0.2, -0.15) is 0 Å². The smallest absolute Gasteiger partial charge is 0.302 e. The summed E-state index contributed by atoms with van der Waals surface area (Å²) in [6.45, 7) is 21.2. The highest BCUT2D eigenvalue weighted by Crippen LogP contribution is 2.83. The first kappa shape index (κ1) is 26.6. The molecular weight excluding hydrogens is 464 g/mol. The molecule has 5 heteroatoms. The van der Waals surface area contributed by atoms with Crippen molar-refractivity contribution in [3.63, 3.8) is 0 Å². The van der Waals surface area contributed by atoms with Crippen LogP contribution in [0.15, 0.2) is 0 Å². The molecule has 0 aromatic rings. The third kappa shape index (κ3) is 2.95. The molecule has 6 rings (SSSR count). The van der Waals surface area contributed by atoms with Crippen LogP contribution in [0.5, 0.6) is 0 Å². The molecule has 5 nitrogen and oxygen atoms in total. The van der Waals surface area contributed by atoms with Crippen LogP contribution in [-0.2, 0) is 19.2 Å². The standard InChI is InChI=1S/C32H52O5/c1-18-10-13-28(6)16-17-31(9)30(8)15-11-21-27(4,5)22(35-20(3)33)12-14-29(21,7)25(30)23(37-34)26-32(31,36-26)24(28)19(18)2/h18-19,21-26,34H,10-17H2,1-9H3/t18-,19+,21-,22+,23+,24-,25-,26-,28-,29+,30-,31+,32-/m1/s1. The molecule has 0 bridgehead atoms. The van der Waals surface area contributed by atoms with Gasteiger partial charge in [-0.25, -0.2) is 4.89 Å². The third-order valence-corrected chi connectivity index (χ3v) is 14.7. The molecule has 5 saturated carbocycles. The van der Waals surface area contributed by atoms with Gasteiger partial charge in [-0.05, 0) is 91.3 Å². The summed E-state index contributed by atoms with van der Waals surface area (Å²) in [5.74, 6) is 2.22. The van der Waals surface area contributed by atoms with Gasteiger partial charge < -0.3 is 9.47 Å². The van der Waals surface area contributed by atoms with Crippen LogP contribution in [0, 0.1) is 56.7 Å². The van der Waals surface area contributed by atoms with E-state index in [1.54, 1.807) is 0 Å². The molecule has 6 aliphatic rings. The monoisotopic (exact) mass is 516 g/mol. The van der Waals surface area contributed by atoms with E-state index in [0.717, 1.165) is 25.7 Å². The Labute approximate surface area is 224 Å². The van der Waals surface area contributed by atoms with Crippen molar-refractivity contribution in [2.75, 3.05) is 0 Å². The summed E-state index contributed by atoms with van der Waals surface area (Å²) in [4.78, 5) is 17.6. The minimum Gasteiger partial charge on any atom is -0.462 e. The van der Waals surface area contributed by atoms with Gasteiger partial charge in [0.05, 0.1) is 0 Å². The quantitative estimate of drug-likeness (QED) is 0.181. The Hall–Kier alpha value is -0.650. The van der Waals surface area contributed by atoms with E-state index in [1.807, 2.05) is 0 Å². The molecule has 0 amide bonds. The third-order valence-electron chi connectivity index (χ3n) is 14.7. The zero-order chi connectivity index (χ0) is 27.0. The number of esters is 1. The van der Waals surface area contributed by atoms with Crippen LogP contribution in [0.4, 0.5) is 0 Å². The molecule has 6 fully saturated rings. The number of fused-ring (bicyclic) bond motifs is 5. The minimum atomic E-state index is -0.307. The molecule has 13 atom stereocenters. The van der Waals surface area contributed by atoms with E-state index in [-0.39, 0.29) is 57.5 Å². The van der Waals surface area contributed by atoms with Crippen LogP contribution in [0.1, 0.15) is 114 Å². The van der Waals surface area contributed by atoms with Crippen LogP contribution in [0.3, 0.4) is 0 Å². The van der Waals surface area contributed by atoms with Crippen LogP contribution >= 0.6 is 0 Å². The minimum absolute atomic E-state index is 0.00469. The number of hydrogen-bond acceptors (Lipinski definition) is 5. The summed E-state index contributed by atoms with van der Waals surface area (Å²) in [7, 11) is 0. The Morgan fingerprint density at radius 2 is 1.59 bits per heavy atom. The molecule has 0 aromatic carbocycles. The molecule has 210 valence electrons. The van der Waals surface area contributed by atoms with Crippen LogP contribution in [-0.4, -0.2) is 35.1 Å². The molecule has 1 spiro atoms. The van der Waals surface area contributed by atoms with Crippen molar-refractivity contribution < 1.29 is 24.4 Å². The van der Waals surface area contributed by atoms with Crippen LogP contribution < -0.4 is 0 Å². The molecule has 0 unspecified atom stereocenters. The highest BCUT2D eigenvalue weighted by molar-refractivity contribution is 5.66. The first-order valence-electron chi connectivity index (χ1n) is 15.3. The Morgan fingerprint density at radius 1 is 0.892 bits per heavy atom. The fourth-order valence-corrected chi connectivity index (χ4v) is 12.6. The topological polar surface area (TPSA) is 68.3 Å². The maximum absolute atomic E-state index is 12.0. The van der Waals surface area contributed by atoms with Gasteiger partial charge >= 0.3 is 5.97 Å². The van der Waals surface area contributed by atoms with Gasteiger partial charge in [-0.15, -0.1) is 0 Å². The van der Waals surface area contributed by atoms with Gasteiger partial charge in [0.15, 0.2) is 0 Å². The highest BCUT2D eigenvalue weighted by Gasteiger charge is 2.87. The molecule has 1 N–H and O–H groups in total. The van der Waals surface area contributed by atoms with Gasteiger partial charge in [-0.1, -0.05) is 55.4 Å². The van der Waals surface area contributed by atoms with Gasteiger partial charge in [0.25, 0.3) is 0 Å². The van der Waals surface area contributed by atoms with E-state index in [1.165, 1.54) is 32.6 Å². The van der Waals surface area contributed by atoms with Crippen LogP contribution in [0.2, 0.25) is 0 Å². The summed E-state index contributed by atoms with van der Waals surface area (Å²) in [6, 6.07) is 0. The summed E-state index contributed by atoms with van der Waals surface area (Å²) in [5.41, 5.74) is -0.00336. The van der Waals surface area contributed by atoms with Crippen LogP contribution in [0.25, 0.3) is 0 Å². The Kier molecular flexibility index (Phi) is 5.57. The number of ether oxygens (including phenoxy) is 2. The van der Waals surface area contributed by atoms with E-state index in [4.69, 9.17) is 14.4 Å². The highest BCUT2D eigenvalue weighted by atomic mass is 17.1. The van der Waals surface area contributed by atoms with Gasteiger partial charge in [0, 0.05) is 23.7 Å². The molecule has 1 aliphatic heterocycles. The first-order chi connectivity index (χ1) is 17.1. The second kappa shape index (κ2) is 7.75. The van der Waals surface area contributed by atoms with Crippen molar-refractivity contribution in [2.45, 2.75) is 138 Å². The SMILES string of the molecule is CC(=O)O[C@H]1CC[C@@]2(C)[C@H](CC[C@]3(C)[C@@H]2[C@H](OO)[C@H]2O[C@]24[C@@H]2[C@@H](C)[C@H](C)CC[C@]2(C)CC[C@]43C)C1(C)C. The average molecular weight is 517 g/mol. The first-order valence-corrected chi connectivity index (χ1v) is 15.3. The molecule has 0 radical (unpaired) electrons. The van der Waals surface area contributed by atoms with Crippen molar-refractivity contribution in [3.05, 3.63) is 0 Å². The van der Waals surface area contributed by atoms with E-state index in [2.05, 4.69) is 55.4 Å². The summed E-state index contributed by atoms with van der Waals surface area (Å²) >= 11 is 0. The summed E-state index contributed by atoms with van der Waals surface area (Å²) in [5, 5.41) is 10.6. The van der Waals surface area contributed by atoms with E-state index < -0.39 is 0 Å². The normalized spacial score (nSPS) is 59.6. The fourth-order valence-electron chi connectivity index (χ4n) is 12.6. The number of epoxide rings is 1. The zero-order valence-corrected chi connectivity index (χ0v) is 24.9. The molecule has 5 aliphatic carbocycles. The van der Waals surface area contributed by atoms with Crippen molar-refractivity contribution >= 4 is 5.97 Å². The largest absolute Gasteiger partial charge is 0.462 e. The van der Waals surface area contributed by atoms with E-state index in [9.17, 15) is 10.1 Å². The van der Waals surface area contributed by atoms with Crippen molar-refractivity contribution in [2.24, 2.45) is 56.7 Å². The lowest BCUT2D eigenvalue weighted by atomic mass is 9.30. The Bertz CT molecular complexity index is 978. The molecule has 1 saturated heterocycles. The predicted molar refractivity (Wildman–Crippen MR) is 143 cm³/mol. The maximum Gasteiger partial charge on any atom is 0.302 e. The van der Waals surface area contributed by atoms with Gasteiger partial charge in [-0.3, -0.25) is 10.1 Å². The summed E-state index contributed by atoms with van der Waals surface area (Å²) < 4.78 is 13.0. The molecule has 37 heavy (non-hydrogen) atoms. The Balaban J connectivity index is 1.45. The number of carbonyl (C=O) groups excluding carboxylic acids is 1. The fraction of sp³-hybridized carbons (Fsp3) is 0.969. The van der Waals surface area contributed by atoms with Gasteiger partial charge in [0.2, 0.25) is 0 Å². The molecule has 0 aromatic heterocycles. The van der Waals surface area contributed by atoms with Gasteiger partial charge in [0.1, 0.15) is 23.9 Å². The average Bonchev–Trinajstić information content (AvgIpc) is 3.54. The van der Waals surface area contributed by atoms with Crippen molar-refractivity contribution in [1.82, 2.24) is 0 Å². The maximum atomic E-state index is 12.0. The lowest BCUT2D eigenvalue weighted by molar-refractivity contribution is -0.349. The Morgan fingerprint density at radius 3 is 2.24 bits per heavy atom. The second-order valence-electron chi connectivity index (χ2n) is 16.2. The number of rotatable bonds is 2. The molecule has 1 heterocycles. The van der Waals surface area contributed by atoms with E-state index in [0.29, 0.717) is 29.1 Å². The molecular formula is C32H52O5. The lowest BCUT2D eigenvalue weighted by Gasteiger charge is -2.73. The predicted octanol–water partition coefficient (Wildman–Crippen LogP) is 7.27. The summed E-state index contributed by atoms with van der Waals surface area (Å²) in [6.07, 6.45) is 8.75.